The summed E-state index contributed by atoms with van der Waals surface area (Å²) in [5, 5.41) is 10.1. The van der Waals surface area contributed by atoms with E-state index in [4.69, 9.17) is 14.6 Å². The fourth-order valence-electron chi connectivity index (χ4n) is 4.06. The van der Waals surface area contributed by atoms with Gasteiger partial charge in [0.1, 0.15) is 23.1 Å². The average Bonchev–Trinajstić information content (AvgIpc) is 3.56. The van der Waals surface area contributed by atoms with E-state index < -0.39 is 5.91 Å². The highest BCUT2D eigenvalue weighted by molar-refractivity contribution is 6.04. The quantitative estimate of drug-likeness (QED) is 0.464. The Labute approximate surface area is 189 Å². The third kappa shape index (κ3) is 3.87. The minimum Gasteiger partial charge on any atom is -0.467 e. The number of amides is 2. The summed E-state index contributed by atoms with van der Waals surface area (Å²) in [6.45, 7) is 1.77. The fraction of sp³-hybridized carbons (Fsp3) is 0.160. The van der Waals surface area contributed by atoms with Gasteiger partial charge < -0.3 is 19.9 Å². The van der Waals surface area contributed by atoms with Crippen molar-refractivity contribution >= 4 is 34.2 Å². The molecule has 0 saturated carbocycles. The smallest absolute Gasteiger partial charge is 0.262 e. The van der Waals surface area contributed by atoms with Crippen molar-refractivity contribution in [2.45, 2.75) is 19.4 Å². The molecule has 0 fully saturated rings. The van der Waals surface area contributed by atoms with E-state index in [0.29, 0.717) is 40.5 Å². The highest BCUT2D eigenvalue weighted by atomic mass is 16.3. The van der Waals surface area contributed by atoms with Crippen LogP contribution in [0.2, 0.25) is 0 Å². The number of nitrogens with one attached hydrogen (secondary N) is 1. The highest BCUT2D eigenvalue weighted by Crippen LogP contribution is 2.34. The van der Waals surface area contributed by atoms with E-state index in [1.807, 2.05) is 36.4 Å². The van der Waals surface area contributed by atoms with Crippen molar-refractivity contribution in [2.75, 3.05) is 11.9 Å². The first kappa shape index (κ1) is 20.6. The zero-order chi connectivity index (χ0) is 22.9. The molecule has 166 valence electrons. The van der Waals surface area contributed by atoms with Gasteiger partial charge in [0.05, 0.1) is 12.8 Å². The SMILES string of the molecule is Cc1c(NCC(=O)N2N=C(c3cc4ccccc4o3)C[C@@H]2c2ccco2)cccc1C(N)=O. The molecule has 2 aromatic carbocycles. The van der Waals surface area contributed by atoms with Gasteiger partial charge in [-0.3, -0.25) is 9.59 Å². The number of benzene rings is 2. The molecule has 0 bridgehead atoms. The van der Waals surface area contributed by atoms with Crippen LogP contribution in [0.5, 0.6) is 0 Å². The fourth-order valence-corrected chi connectivity index (χ4v) is 4.06. The largest absolute Gasteiger partial charge is 0.467 e. The second kappa shape index (κ2) is 8.31. The lowest BCUT2D eigenvalue weighted by Gasteiger charge is -2.20. The van der Waals surface area contributed by atoms with E-state index in [1.54, 1.807) is 37.5 Å². The molecule has 5 rings (SSSR count). The van der Waals surface area contributed by atoms with Crippen LogP contribution in [-0.4, -0.2) is 29.1 Å². The lowest BCUT2D eigenvalue weighted by molar-refractivity contribution is -0.131. The van der Waals surface area contributed by atoms with Crippen LogP contribution in [0.25, 0.3) is 11.0 Å². The van der Waals surface area contributed by atoms with Gasteiger partial charge in [-0.15, -0.1) is 0 Å². The number of carbonyl (C=O) groups is 2. The van der Waals surface area contributed by atoms with Crippen LogP contribution in [0.4, 0.5) is 5.69 Å². The van der Waals surface area contributed by atoms with E-state index in [0.717, 1.165) is 11.0 Å². The topological polar surface area (TPSA) is 114 Å². The number of para-hydroxylation sites is 1. The van der Waals surface area contributed by atoms with Gasteiger partial charge in [-0.25, -0.2) is 5.01 Å². The summed E-state index contributed by atoms with van der Waals surface area (Å²) in [7, 11) is 0. The maximum atomic E-state index is 13.2. The number of nitrogens with zero attached hydrogens (tertiary/aromatic N) is 2. The molecule has 0 unspecified atom stereocenters. The molecule has 0 saturated heterocycles. The van der Waals surface area contributed by atoms with E-state index in [-0.39, 0.29) is 18.5 Å². The van der Waals surface area contributed by atoms with Crippen LogP contribution in [0, 0.1) is 6.92 Å². The summed E-state index contributed by atoms with van der Waals surface area (Å²) in [5.74, 6) is 0.512. The van der Waals surface area contributed by atoms with E-state index >= 15 is 0 Å². The zero-order valence-electron chi connectivity index (χ0n) is 17.9. The van der Waals surface area contributed by atoms with Crippen molar-refractivity contribution in [2.24, 2.45) is 10.8 Å². The average molecular weight is 442 g/mol. The van der Waals surface area contributed by atoms with Gasteiger partial charge in [-0.2, -0.15) is 5.10 Å². The van der Waals surface area contributed by atoms with Crippen LogP contribution in [0.15, 0.2) is 80.9 Å². The Bertz CT molecular complexity index is 1340. The Kier molecular flexibility index (Phi) is 5.18. The molecular weight excluding hydrogens is 420 g/mol. The molecule has 8 nitrogen and oxygen atoms in total. The maximum Gasteiger partial charge on any atom is 0.262 e. The molecular formula is C25H22N4O4. The minimum atomic E-state index is -0.514. The number of anilines is 1. The number of carbonyl (C=O) groups excluding carboxylic acids is 2. The Morgan fingerprint density at radius 1 is 1.15 bits per heavy atom. The summed E-state index contributed by atoms with van der Waals surface area (Å²) in [6.07, 6.45) is 2.05. The molecule has 0 spiro atoms. The van der Waals surface area contributed by atoms with E-state index in [2.05, 4.69) is 10.4 Å². The lowest BCUT2D eigenvalue weighted by atomic mass is 10.1. The third-order valence-corrected chi connectivity index (χ3v) is 5.78. The van der Waals surface area contributed by atoms with Gasteiger partial charge in [-0.1, -0.05) is 24.3 Å². The molecule has 1 atom stereocenters. The molecule has 2 aromatic heterocycles. The summed E-state index contributed by atoms with van der Waals surface area (Å²) in [6, 6.07) is 18.1. The third-order valence-electron chi connectivity index (χ3n) is 5.78. The molecule has 3 heterocycles. The zero-order valence-corrected chi connectivity index (χ0v) is 17.9. The second-order valence-corrected chi connectivity index (χ2v) is 7.86. The molecule has 2 amide bonds. The van der Waals surface area contributed by atoms with Gasteiger partial charge in [0, 0.05) is 23.1 Å². The normalized spacial score (nSPS) is 15.6. The number of primary amides is 1. The van der Waals surface area contributed by atoms with Crippen molar-refractivity contribution in [3.8, 4) is 0 Å². The summed E-state index contributed by atoms with van der Waals surface area (Å²) in [4.78, 5) is 24.8. The number of rotatable bonds is 6. The van der Waals surface area contributed by atoms with Gasteiger partial charge in [0.2, 0.25) is 5.91 Å². The van der Waals surface area contributed by atoms with Crippen molar-refractivity contribution in [1.82, 2.24) is 5.01 Å². The van der Waals surface area contributed by atoms with E-state index in [1.165, 1.54) is 5.01 Å². The van der Waals surface area contributed by atoms with Crippen molar-refractivity contribution in [3.05, 3.63) is 89.6 Å². The van der Waals surface area contributed by atoms with Crippen LogP contribution in [-0.2, 0) is 4.79 Å². The van der Waals surface area contributed by atoms with Crippen LogP contribution in [0.3, 0.4) is 0 Å². The molecule has 8 heteroatoms. The molecule has 0 aliphatic carbocycles. The molecule has 3 N–H and O–H groups in total. The molecule has 0 radical (unpaired) electrons. The summed E-state index contributed by atoms with van der Waals surface area (Å²) >= 11 is 0. The molecule has 33 heavy (non-hydrogen) atoms. The Morgan fingerprint density at radius 2 is 2.00 bits per heavy atom. The van der Waals surface area contributed by atoms with Crippen LogP contribution < -0.4 is 11.1 Å². The number of nitrogens with two attached hydrogens (primary N) is 1. The van der Waals surface area contributed by atoms with Crippen LogP contribution >= 0.6 is 0 Å². The number of hydrazone groups is 1. The van der Waals surface area contributed by atoms with Gasteiger partial charge in [0.15, 0.2) is 5.76 Å². The minimum absolute atomic E-state index is 0.0167. The number of hydrogen-bond acceptors (Lipinski definition) is 6. The maximum absolute atomic E-state index is 13.2. The summed E-state index contributed by atoms with van der Waals surface area (Å²) < 4.78 is 11.6. The van der Waals surface area contributed by atoms with Crippen molar-refractivity contribution < 1.29 is 18.4 Å². The molecule has 4 aromatic rings. The van der Waals surface area contributed by atoms with Crippen LogP contribution in [0.1, 0.15) is 39.9 Å². The highest BCUT2D eigenvalue weighted by Gasteiger charge is 2.35. The van der Waals surface area contributed by atoms with Gasteiger partial charge >= 0.3 is 0 Å². The lowest BCUT2D eigenvalue weighted by Crippen LogP contribution is -2.32. The van der Waals surface area contributed by atoms with Crippen molar-refractivity contribution in [3.63, 3.8) is 0 Å². The number of furan rings is 2. The first-order chi connectivity index (χ1) is 16.0. The van der Waals surface area contributed by atoms with E-state index in [9.17, 15) is 9.59 Å². The Balaban J connectivity index is 1.40. The predicted octanol–water partition coefficient (Wildman–Crippen LogP) is 4.22. The van der Waals surface area contributed by atoms with Gasteiger partial charge in [0.25, 0.3) is 5.91 Å². The molecule has 1 aliphatic rings. The number of hydrogen-bond donors (Lipinski definition) is 2. The first-order valence-corrected chi connectivity index (χ1v) is 10.6. The first-order valence-electron chi connectivity index (χ1n) is 10.6. The predicted molar refractivity (Wildman–Crippen MR) is 124 cm³/mol. The number of fused-ring (bicyclic) bond motifs is 1. The monoisotopic (exact) mass is 442 g/mol. The second-order valence-electron chi connectivity index (χ2n) is 7.86. The Hall–Kier alpha value is -4.33. The molecule has 1 aliphatic heterocycles. The summed E-state index contributed by atoms with van der Waals surface area (Å²) in [5.41, 5.74) is 8.63. The Morgan fingerprint density at radius 3 is 2.76 bits per heavy atom. The standard InChI is InChI=1S/C25H22N4O4/c1-15-17(25(26)31)7-4-8-18(15)27-14-24(30)29-20(22-10-5-11-32-22)13-19(28-29)23-12-16-6-2-3-9-21(16)33-23/h2-12,20,27H,13-14H2,1H3,(H2,26,31)/t20-/m1/s1. The van der Waals surface area contributed by atoms with Crippen molar-refractivity contribution in [1.29, 1.82) is 0 Å². The van der Waals surface area contributed by atoms with Gasteiger partial charge in [-0.05, 0) is 48.9 Å².